The first kappa shape index (κ1) is 12.3. The van der Waals surface area contributed by atoms with Crippen LogP contribution in [0, 0.1) is 5.82 Å². The number of halogens is 4. The van der Waals surface area contributed by atoms with Crippen molar-refractivity contribution in [3.63, 3.8) is 0 Å². The third-order valence-corrected chi connectivity index (χ3v) is 1.81. The number of alkyl halides is 3. The second kappa shape index (κ2) is 3.99. The fourth-order valence-electron chi connectivity index (χ4n) is 1.08. The van der Waals surface area contributed by atoms with Gasteiger partial charge in [0.25, 0.3) is 0 Å². The Kier molecular flexibility index (Phi) is 3.06. The number of carboxylic acids is 1. The van der Waals surface area contributed by atoms with Gasteiger partial charge in [-0.25, -0.2) is 9.18 Å². The van der Waals surface area contributed by atoms with Gasteiger partial charge in [0.2, 0.25) is 0 Å². The molecule has 7 heteroatoms. The summed E-state index contributed by atoms with van der Waals surface area (Å²) in [6.45, 7) is 0. The molecule has 0 radical (unpaired) electrons. The van der Waals surface area contributed by atoms with Crippen molar-refractivity contribution in [2.24, 2.45) is 0 Å². The van der Waals surface area contributed by atoms with E-state index >= 15 is 0 Å². The molecular formula is C9H6F4O3. The molecule has 0 aliphatic heterocycles. The van der Waals surface area contributed by atoms with Gasteiger partial charge in [0, 0.05) is 0 Å². The SMILES string of the molecule is COc1cc(C(=O)O)cc(C(F)(F)F)c1F. The Labute approximate surface area is 87.3 Å². The third-order valence-electron chi connectivity index (χ3n) is 1.81. The van der Waals surface area contributed by atoms with E-state index < -0.39 is 34.8 Å². The number of aromatic carboxylic acids is 1. The minimum absolute atomic E-state index is 0.222. The minimum Gasteiger partial charge on any atom is -0.494 e. The van der Waals surface area contributed by atoms with Gasteiger partial charge in [-0.3, -0.25) is 0 Å². The minimum atomic E-state index is -4.97. The number of methoxy groups -OCH3 is 1. The van der Waals surface area contributed by atoms with Crippen molar-refractivity contribution < 1.29 is 32.2 Å². The highest BCUT2D eigenvalue weighted by atomic mass is 19.4. The summed E-state index contributed by atoms with van der Waals surface area (Å²) < 4.78 is 54.5. The molecule has 0 aliphatic rings. The van der Waals surface area contributed by atoms with Crippen LogP contribution in [0.1, 0.15) is 15.9 Å². The van der Waals surface area contributed by atoms with Crippen molar-refractivity contribution in [1.82, 2.24) is 0 Å². The zero-order valence-corrected chi connectivity index (χ0v) is 7.93. The van der Waals surface area contributed by atoms with Gasteiger partial charge in [-0.05, 0) is 12.1 Å². The molecule has 1 aromatic rings. The van der Waals surface area contributed by atoms with E-state index in [4.69, 9.17) is 5.11 Å². The van der Waals surface area contributed by atoms with Crippen molar-refractivity contribution in [3.8, 4) is 5.75 Å². The zero-order valence-electron chi connectivity index (χ0n) is 7.93. The molecule has 0 aromatic heterocycles. The van der Waals surface area contributed by atoms with Gasteiger partial charge < -0.3 is 9.84 Å². The fourth-order valence-corrected chi connectivity index (χ4v) is 1.08. The maximum Gasteiger partial charge on any atom is 0.419 e. The fraction of sp³-hybridized carbons (Fsp3) is 0.222. The maximum atomic E-state index is 13.2. The number of rotatable bonds is 2. The molecule has 0 heterocycles. The molecule has 0 spiro atoms. The number of hydrogen-bond donors (Lipinski definition) is 1. The molecule has 0 atom stereocenters. The predicted octanol–water partition coefficient (Wildman–Crippen LogP) is 2.55. The van der Waals surface area contributed by atoms with Crippen LogP contribution in [-0.2, 0) is 6.18 Å². The first-order valence-electron chi connectivity index (χ1n) is 3.95. The summed E-state index contributed by atoms with van der Waals surface area (Å²) in [6, 6.07) is 0.910. The van der Waals surface area contributed by atoms with Gasteiger partial charge in [-0.2, -0.15) is 13.2 Å². The quantitative estimate of drug-likeness (QED) is 0.805. The lowest BCUT2D eigenvalue weighted by atomic mass is 10.1. The molecule has 3 nitrogen and oxygen atoms in total. The van der Waals surface area contributed by atoms with Gasteiger partial charge in [0.15, 0.2) is 11.6 Å². The Bertz CT molecular complexity index is 425. The van der Waals surface area contributed by atoms with Crippen molar-refractivity contribution >= 4 is 5.97 Å². The lowest BCUT2D eigenvalue weighted by molar-refractivity contribution is -0.140. The average Bonchev–Trinajstić information content (AvgIpc) is 2.15. The highest BCUT2D eigenvalue weighted by Gasteiger charge is 2.36. The monoisotopic (exact) mass is 238 g/mol. The van der Waals surface area contributed by atoms with E-state index in [9.17, 15) is 22.4 Å². The largest absolute Gasteiger partial charge is 0.494 e. The molecule has 0 saturated carbocycles. The van der Waals surface area contributed by atoms with E-state index in [0.29, 0.717) is 6.07 Å². The smallest absolute Gasteiger partial charge is 0.419 e. The van der Waals surface area contributed by atoms with E-state index in [-0.39, 0.29) is 6.07 Å². The Balaban J connectivity index is 3.48. The normalized spacial score (nSPS) is 11.3. The standard InChI is InChI=1S/C9H6F4O3/c1-16-6-3-4(8(14)15)2-5(7(6)10)9(11,12)13/h2-3H,1H3,(H,14,15). The molecule has 16 heavy (non-hydrogen) atoms. The molecule has 0 bridgehead atoms. The van der Waals surface area contributed by atoms with Gasteiger partial charge in [-0.15, -0.1) is 0 Å². The van der Waals surface area contributed by atoms with Crippen LogP contribution >= 0.6 is 0 Å². The first-order valence-corrected chi connectivity index (χ1v) is 3.95. The number of hydrogen-bond acceptors (Lipinski definition) is 2. The molecule has 1 N–H and O–H groups in total. The van der Waals surface area contributed by atoms with Crippen molar-refractivity contribution in [2.45, 2.75) is 6.18 Å². The molecule has 1 rings (SSSR count). The third kappa shape index (κ3) is 2.23. The second-order valence-corrected chi connectivity index (χ2v) is 2.84. The molecule has 0 fully saturated rings. The molecule has 0 unspecified atom stereocenters. The summed E-state index contributed by atoms with van der Waals surface area (Å²) in [6.07, 6.45) is -4.97. The lowest BCUT2D eigenvalue weighted by Gasteiger charge is -2.11. The molecular weight excluding hydrogens is 232 g/mol. The van der Waals surface area contributed by atoms with Gasteiger partial charge >= 0.3 is 12.1 Å². The molecule has 0 saturated heterocycles. The molecule has 0 aliphatic carbocycles. The Morgan fingerprint density at radius 2 is 1.94 bits per heavy atom. The van der Waals surface area contributed by atoms with Gasteiger partial charge in [0.05, 0.1) is 18.2 Å². The van der Waals surface area contributed by atoms with Crippen LogP contribution in [0.5, 0.6) is 5.75 Å². The molecule has 0 amide bonds. The second-order valence-electron chi connectivity index (χ2n) is 2.84. The number of benzene rings is 1. The van der Waals surface area contributed by atoms with Crippen LogP contribution in [0.3, 0.4) is 0 Å². The summed E-state index contributed by atoms with van der Waals surface area (Å²) in [5.41, 5.74) is -2.35. The molecule has 1 aromatic carbocycles. The van der Waals surface area contributed by atoms with Gasteiger partial charge in [0.1, 0.15) is 0 Å². The molecule has 88 valence electrons. The number of carboxylic acid groups (broad SMARTS) is 1. The Morgan fingerprint density at radius 3 is 2.31 bits per heavy atom. The van der Waals surface area contributed by atoms with Crippen molar-refractivity contribution in [2.75, 3.05) is 7.11 Å². The lowest BCUT2D eigenvalue weighted by Crippen LogP contribution is -2.11. The summed E-state index contributed by atoms with van der Waals surface area (Å²) in [4.78, 5) is 10.5. The van der Waals surface area contributed by atoms with Crippen LogP contribution in [0.15, 0.2) is 12.1 Å². The zero-order chi connectivity index (χ0) is 12.5. The maximum absolute atomic E-state index is 13.2. The first-order chi connectivity index (χ1) is 7.27. The van der Waals surface area contributed by atoms with Crippen molar-refractivity contribution in [1.29, 1.82) is 0 Å². The van der Waals surface area contributed by atoms with Crippen LogP contribution in [0.25, 0.3) is 0 Å². The van der Waals surface area contributed by atoms with Crippen LogP contribution in [0.4, 0.5) is 17.6 Å². The van der Waals surface area contributed by atoms with Crippen LogP contribution < -0.4 is 4.74 Å². The van der Waals surface area contributed by atoms with E-state index in [1.54, 1.807) is 0 Å². The summed E-state index contributed by atoms with van der Waals surface area (Å²) in [7, 11) is 0.949. The summed E-state index contributed by atoms with van der Waals surface area (Å²) >= 11 is 0. The number of ether oxygens (including phenoxy) is 1. The summed E-state index contributed by atoms with van der Waals surface area (Å²) in [5.74, 6) is -3.98. The van der Waals surface area contributed by atoms with Crippen LogP contribution in [-0.4, -0.2) is 18.2 Å². The highest BCUT2D eigenvalue weighted by Crippen LogP contribution is 2.35. The Hall–Kier alpha value is -1.79. The van der Waals surface area contributed by atoms with Crippen molar-refractivity contribution in [3.05, 3.63) is 29.1 Å². The van der Waals surface area contributed by atoms with E-state index in [1.807, 2.05) is 0 Å². The topological polar surface area (TPSA) is 46.5 Å². The van der Waals surface area contributed by atoms with Crippen LogP contribution in [0.2, 0.25) is 0 Å². The Morgan fingerprint density at radius 1 is 1.38 bits per heavy atom. The average molecular weight is 238 g/mol. The highest BCUT2D eigenvalue weighted by molar-refractivity contribution is 5.88. The number of carbonyl (C=O) groups is 1. The summed E-state index contributed by atoms with van der Waals surface area (Å²) in [5, 5.41) is 8.54. The predicted molar refractivity (Wildman–Crippen MR) is 44.9 cm³/mol. The van der Waals surface area contributed by atoms with E-state index in [1.165, 1.54) is 0 Å². The van der Waals surface area contributed by atoms with E-state index in [2.05, 4.69) is 4.74 Å². The van der Waals surface area contributed by atoms with Gasteiger partial charge in [-0.1, -0.05) is 0 Å². The van der Waals surface area contributed by atoms with E-state index in [0.717, 1.165) is 7.11 Å².